The highest BCUT2D eigenvalue weighted by Gasteiger charge is 2.44. The van der Waals surface area contributed by atoms with Gasteiger partial charge in [0, 0.05) is 89.6 Å². The Balaban J connectivity index is 1.46. The molecule has 77 heavy (non-hydrogen) atoms. The summed E-state index contributed by atoms with van der Waals surface area (Å²) in [6, 6.07) is -3.82. The minimum absolute atomic E-state index is 0.0251. The molecule has 8 amide bonds. The van der Waals surface area contributed by atoms with Crippen molar-refractivity contribution in [2.45, 2.75) is 170 Å². The highest BCUT2D eigenvalue weighted by molar-refractivity contribution is 6.12. The maximum atomic E-state index is 14.8. The van der Waals surface area contributed by atoms with E-state index < -0.39 is 66.2 Å². The fourth-order valence-corrected chi connectivity index (χ4v) is 11.4. The van der Waals surface area contributed by atoms with Gasteiger partial charge in [-0.15, -0.1) is 0 Å². The number of rotatable bonds is 30. The second-order valence-corrected chi connectivity index (χ2v) is 21.9. The van der Waals surface area contributed by atoms with Crippen LogP contribution in [-0.2, 0) is 43.1 Å². The number of likely N-dealkylation sites (tertiary alicyclic amines) is 1. The van der Waals surface area contributed by atoms with Gasteiger partial charge in [0.1, 0.15) is 6.04 Å². The number of hydrogen-bond donors (Lipinski definition) is 5. The van der Waals surface area contributed by atoms with Crippen molar-refractivity contribution in [2.75, 3.05) is 67.6 Å². The first-order chi connectivity index (χ1) is 36.5. The van der Waals surface area contributed by atoms with Gasteiger partial charge in [-0.3, -0.25) is 48.5 Å². The quantitative estimate of drug-likeness (QED) is 0.0492. The van der Waals surface area contributed by atoms with Crippen molar-refractivity contribution in [1.82, 2.24) is 50.9 Å². The van der Waals surface area contributed by atoms with Crippen LogP contribution in [0, 0.1) is 30.6 Å². The molecule has 0 radical (unpaired) electrons. The van der Waals surface area contributed by atoms with E-state index in [1.165, 1.54) is 12.2 Å². The third-order valence-electron chi connectivity index (χ3n) is 15.4. The monoisotopic (exact) mass is 1080 g/mol. The van der Waals surface area contributed by atoms with Gasteiger partial charge in [-0.05, 0) is 95.4 Å². The summed E-state index contributed by atoms with van der Waals surface area (Å²) in [5.41, 5.74) is 5.25. The molecular weight excluding hydrogens is 985 g/mol. The number of imide groups is 1. The molecule has 1 saturated heterocycles. The Labute approximate surface area is 458 Å². The summed E-state index contributed by atoms with van der Waals surface area (Å²) in [4.78, 5) is 111. The van der Waals surface area contributed by atoms with Crippen LogP contribution in [0.4, 0.5) is 4.79 Å². The number of nitrogens with one attached hydrogen (secondary N) is 5. The summed E-state index contributed by atoms with van der Waals surface area (Å²) in [5, 5.41) is 13.8. The fourth-order valence-electron chi connectivity index (χ4n) is 11.4. The molecule has 0 spiro atoms. The van der Waals surface area contributed by atoms with Crippen molar-refractivity contribution >= 4 is 53.1 Å². The third kappa shape index (κ3) is 16.3. The number of carbonyl (C=O) groups is 7. The molecule has 432 valence electrons. The van der Waals surface area contributed by atoms with Crippen molar-refractivity contribution in [1.29, 1.82) is 0 Å². The summed E-state index contributed by atoms with van der Waals surface area (Å²) in [6.07, 6.45) is 10.8. The molecule has 20 nitrogen and oxygen atoms in total. The Morgan fingerprint density at radius 1 is 0.870 bits per heavy atom. The number of amides is 8. The molecule has 0 bridgehead atoms. The predicted molar refractivity (Wildman–Crippen MR) is 298 cm³/mol. The molecule has 1 aromatic heterocycles. The van der Waals surface area contributed by atoms with Crippen LogP contribution in [0.5, 0.6) is 0 Å². The summed E-state index contributed by atoms with van der Waals surface area (Å²) >= 11 is 0. The van der Waals surface area contributed by atoms with E-state index in [1.54, 1.807) is 40.1 Å². The van der Waals surface area contributed by atoms with Crippen LogP contribution < -0.4 is 21.3 Å². The summed E-state index contributed by atoms with van der Waals surface area (Å²) in [6.45, 7) is 25.4. The van der Waals surface area contributed by atoms with E-state index in [9.17, 15) is 33.6 Å². The summed E-state index contributed by atoms with van der Waals surface area (Å²) in [5.74, 6) is -3.09. The zero-order valence-electron chi connectivity index (χ0n) is 49.1. The molecule has 5 N–H and O–H groups in total. The average Bonchev–Trinajstić information content (AvgIpc) is 4.11. The van der Waals surface area contributed by atoms with Gasteiger partial charge in [-0.25, -0.2) is 4.79 Å². The normalized spacial score (nSPS) is 19.6. The van der Waals surface area contributed by atoms with Crippen LogP contribution in [-0.4, -0.2) is 187 Å². The number of ether oxygens (including phenoxy) is 2. The molecule has 2 aliphatic heterocycles. The first-order valence-electron chi connectivity index (χ1n) is 28.0. The number of hydroxylamine groups is 2. The smallest absolute Gasteiger partial charge is 0.315 e. The zero-order chi connectivity index (χ0) is 57.4. The number of fused-ring (bicyclic) bond motifs is 1. The van der Waals surface area contributed by atoms with E-state index in [4.69, 9.17) is 14.3 Å². The molecule has 1 aromatic rings. The van der Waals surface area contributed by atoms with Crippen molar-refractivity contribution < 1.29 is 47.9 Å². The molecule has 1 fully saturated rings. The van der Waals surface area contributed by atoms with Gasteiger partial charge in [0.2, 0.25) is 23.6 Å². The molecule has 3 heterocycles. The van der Waals surface area contributed by atoms with Crippen molar-refractivity contribution in [3.05, 3.63) is 46.9 Å². The third-order valence-corrected chi connectivity index (χ3v) is 15.4. The minimum Gasteiger partial charge on any atom is -0.379 e. The molecule has 20 heteroatoms. The van der Waals surface area contributed by atoms with Crippen LogP contribution in [0.3, 0.4) is 0 Å². The van der Waals surface area contributed by atoms with E-state index in [1.807, 2.05) is 83.4 Å². The van der Waals surface area contributed by atoms with Crippen LogP contribution in [0.2, 0.25) is 0 Å². The summed E-state index contributed by atoms with van der Waals surface area (Å²) < 4.78 is 12.3. The van der Waals surface area contributed by atoms with Crippen molar-refractivity contribution in [3.63, 3.8) is 0 Å². The molecular formula is C57H94N10O10. The van der Waals surface area contributed by atoms with Crippen molar-refractivity contribution in [2.24, 2.45) is 23.7 Å². The van der Waals surface area contributed by atoms with Gasteiger partial charge in [0.15, 0.2) is 0 Å². The number of methoxy groups -OCH3 is 2. The number of aromatic amines is 1. The maximum absolute atomic E-state index is 14.8. The van der Waals surface area contributed by atoms with E-state index in [-0.39, 0.29) is 66.9 Å². The second-order valence-electron chi connectivity index (χ2n) is 21.9. The fraction of sp³-hybridized carbons (Fsp3) is 0.702. The Hall–Kier alpha value is -5.57. The number of aromatic nitrogens is 1. The predicted octanol–water partition coefficient (Wildman–Crippen LogP) is 5.25. The number of urea groups is 1. The number of aryl methyl sites for hydroxylation is 1. The van der Waals surface area contributed by atoms with Gasteiger partial charge in [0.05, 0.1) is 61.0 Å². The van der Waals surface area contributed by atoms with Gasteiger partial charge in [0.25, 0.3) is 11.8 Å². The second kappa shape index (κ2) is 30.0. The standard InChI is InChI=1S/C57H94N10O10/c1-17-28-67(77-19-3)52(41-22-20-23-42-48(41)37(9)32-59-42)40(12)61-54(71)39(11)53(76-16)43-24-21-29-65(43)47(70)31-44(75-15)51(36(8)18-2)64(14)56(73)49(34(4)5)62-55(72)50(35(6)7)63(13)33-38(10)60-57(74)58-27-30-66-45(68)25-26-46(66)69/h20,23,25-26,32,34-36,38-40,43-44,49-51,53,59H,17-19,21-22,24,27-31,33H2,1-16H3,(H,61,71)(H,62,72)(H2,58,60,74). The first-order valence-corrected chi connectivity index (χ1v) is 28.0. The molecule has 10 unspecified atom stereocenters. The number of allylic oxidation sites excluding steroid dienone is 2. The topological polar surface area (TPSA) is 227 Å². The molecule has 0 saturated carbocycles. The average molecular weight is 1080 g/mol. The van der Waals surface area contributed by atoms with Gasteiger partial charge >= 0.3 is 6.03 Å². The molecule has 3 aliphatic rings. The van der Waals surface area contributed by atoms with Crippen LogP contribution in [0.15, 0.2) is 30.1 Å². The molecule has 0 aromatic carbocycles. The Morgan fingerprint density at radius 2 is 1.55 bits per heavy atom. The van der Waals surface area contributed by atoms with Gasteiger partial charge < -0.3 is 45.5 Å². The largest absolute Gasteiger partial charge is 0.379 e. The van der Waals surface area contributed by atoms with Crippen LogP contribution in [0.1, 0.15) is 132 Å². The van der Waals surface area contributed by atoms with Gasteiger partial charge in [-0.1, -0.05) is 67.9 Å². The highest BCUT2D eigenvalue weighted by atomic mass is 16.7. The lowest BCUT2D eigenvalue weighted by Crippen LogP contribution is -2.60. The van der Waals surface area contributed by atoms with E-state index in [0.29, 0.717) is 45.5 Å². The van der Waals surface area contributed by atoms with Gasteiger partial charge in [-0.2, -0.15) is 0 Å². The Kier molecular flexibility index (Phi) is 24.9. The number of carbonyl (C=O) groups excluding carboxylic acids is 7. The zero-order valence-corrected chi connectivity index (χ0v) is 49.1. The van der Waals surface area contributed by atoms with Crippen LogP contribution >= 0.6 is 0 Å². The van der Waals surface area contributed by atoms with E-state index in [2.05, 4.69) is 52.3 Å². The number of nitrogens with zero attached hydrogens (tertiary/aromatic N) is 5. The lowest BCUT2D eigenvalue weighted by Gasteiger charge is -2.41. The SMILES string of the molecule is CCCN(OCC)C(=C1CC=Cc2[nH]cc(C)c21)C(C)NC(=O)C(C)C(OC)C1CCCN1C(=O)CC(OC)C(C(C)CC)N(C)C(=O)C(NC(=O)C(C(C)C)N(C)CC(C)NC(=O)NCCN1C(=O)C=CC1=O)C(C)C. The lowest BCUT2D eigenvalue weighted by molar-refractivity contribution is -0.148. The highest BCUT2D eigenvalue weighted by Crippen LogP contribution is 2.37. The minimum atomic E-state index is -0.913. The maximum Gasteiger partial charge on any atom is 0.315 e. The first kappa shape index (κ1) is 64.0. The number of likely N-dealkylation sites (N-methyl/N-ethyl adjacent to an activating group) is 2. The van der Waals surface area contributed by atoms with E-state index in [0.717, 1.165) is 45.8 Å². The van der Waals surface area contributed by atoms with Crippen LogP contribution in [0.25, 0.3) is 11.6 Å². The number of H-pyrrole nitrogens is 1. The van der Waals surface area contributed by atoms with Crippen molar-refractivity contribution in [3.8, 4) is 0 Å². The Morgan fingerprint density at radius 3 is 2.13 bits per heavy atom. The molecule has 1 aliphatic carbocycles. The molecule has 4 rings (SSSR count). The van der Waals surface area contributed by atoms with E-state index >= 15 is 0 Å². The summed E-state index contributed by atoms with van der Waals surface area (Å²) in [7, 11) is 6.64. The Bertz CT molecular complexity index is 2250. The number of hydrogen-bond acceptors (Lipinski definition) is 12. The molecule has 10 atom stereocenters. The lowest BCUT2D eigenvalue weighted by atomic mass is 9.89.